The van der Waals surface area contributed by atoms with Crippen LogP contribution in [-0.4, -0.2) is 22.4 Å². The van der Waals surface area contributed by atoms with Crippen LogP contribution in [0.2, 0.25) is 0 Å². The monoisotopic (exact) mass is 371 g/mol. The molecule has 1 aromatic heterocycles. The lowest BCUT2D eigenvalue weighted by Crippen LogP contribution is -2.22. The van der Waals surface area contributed by atoms with Crippen molar-refractivity contribution < 1.29 is 14.5 Å². The number of H-pyrrole nitrogens is 1. The molecule has 8 heteroatoms. The Labute approximate surface area is 156 Å². The van der Waals surface area contributed by atoms with Crippen LogP contribution in [0.4, 0.5) is 5.69 Å². The van der Waals surface area contributed by atoms with E-state index in [1.807, 2.05) is 13.8 Å². The number of nitro benzene ring substituents is 1. The third-order valence-electron chi connectivity index (χ3n) is 3.49. The summed E-state index contributed by atoms with van der Waals surface area (Å²) in [4.78, 5) is 36.9. The van der Waals surface area contributed by atoms with Crippen LogP contribution in [0.1, 0.15) is 25.1 Å². The molecule has 1 aromatic carbocycles. The number of hydrogen-bond acceptors (Lipinski definition) is 5. The molecule has 2 rings (SSSR count). The molecule has 0 spiro atoms. The smallest absolute Gasteiger partial charge is 0.269 e. The highest BCUT2D eigenvalue weighted by molar-refractivity contribution is 5.91. The van der Waals surface area contributed by atoms with Gasteiger partial charge in [0.1, 0.15) is 0 Å². The lowest BCUT2D eigenvalue weighted by atomic mass is 10.2. The van der Waals surface area contributed by atoms with Gasteiger partial charge in [-0.1, -0.05) is 13.8 Å². The molecule has 0 radical (unpaired) electrons. The van der Waals surface area contributed by atoms with E-state index in [0.29, 0.717) is 23.8 Å². The number of aromatic amines is 1. The minimum absolute atomic E-state index is 0.0126. The number of ether oxygens (including phenoxy) is 1. The van der Waals surface area contributed by atoms with Gasteiger partial charge < -0.3 is 15.0 Å². The van der Waals surface area contributed by atoms with Crippen molar-refractivity contribution in [1.29, 1.82) is 0 Å². The summed E-state index contributed by atoms with van der Waals surface area (Å²) in [6, 6.07) is 7.22. The summed E-state index contributed by atoms with van der Waals surface area (Å²) >= 11 is 0. The molecule has 0 saturated carbocycles. The molecular formula is C19H21N3O5. The largest absolute Gasteiger partial charge is 0.488 e. The quantitative estimate of drug-likeness (QED) is 0.421. The van der Waals surface area contributed by atoms with Gasteiger partial charge in [0, 0.05) is 36.2 Å². The molecule has 1 amide bonds. The Kier molecular flexibility index (Phi) is 6.87. The lowest BCUT2D eigenvalue weighted by Gasteiger charge is -2.08. The standard InChI is InChI=1S/C19H21N3O5/c1-13(2)12-27-18-11-20-15(9-17(18)23)10-21-19(24)8-5-14-3-6-16(7-4-14)22(25)26/h3-9,11,13H,10,12H2,1-2H3,(H,20,23)(H,21,24)/b8-5+. The number of hydrogen-bond donors (Lipinski definition) is 2. The number of benzene rings is 1. The van der Waals surface area contributed by atoms with Crippen LogP contribution >= 0.6 is 0 Å². The van der Waals surface area contributed by atoms with E-state index in [-0.39, 0.29) is 29.3 Å². The molecule has 142 valence electrons. The Morgan fingerprint density at radius 1 is 1.33 bits per heavy atom. The maximum atomic E-state index is 12.0. The number of aromatic nitrogens is 1. The number of nitro groups is 1. The van der Waals surface area contributed by atoms with Crippen molar-refractivity contribution >= 4 is 17.7 Å². The summed E-state index contributed by atoms with van der Waals surface area (Å²) in [5, 5.41) is 13.3. The summed E-state index contributed by atoms with van der Waals surface area (Å²) in [7, 11) is 0. The van der Waals surface area contributed by atoms with E-state index in [9.17, 15) is 19.7 Å². The molecule has 0 atom stereocenters. The zero-order valence-corrected chi connectivity index (χ0v) is 15.1. The zero-order chi connectivity index (χ0) is 19.8. The van der Waals surface area contributed by atoms with E-state index in [4.69, 9.17) is 4.74 Å². The summed E-state index contributed by atoms with van der Waals surface area (Å²) < 4.78 is 5.41. The highest BCUT2D eigenvalue weighted by atomic mass is 16.6. The third-order valence-corrected chi connectivity index (χ3v) is 3.49. The van der Waals surface area contributed by atoms with Crippen molar-refractivity contribution in [3.63, 3.8) is 0 Å². The van der Waals surface area contributed by atoms with E-state index >= 15 is 0 Å². The molecule has 0 fully saturated rings. The molecule has 0 aliphatic heterocycles. The van der Waals surface area contributed by atoms with Gasteiger partial charge in [0.05, 0.1) is 18.1 Å². The number of pyridine rings is 1. The van der Waals surface area contributed by atoms with Crippen LogP contribution < -0.4 is 15.5 Å². The van der Waals surface area contributed by atoms with Crippen molar-refractivity contribution in [2.45, 2.75) is 20.4 Å². The fourth-order valence-electron chi connectivity index (χ4n) is 2.09. The van der Waals surface area contributed by atoms with Crippen molar-refractivity contribution in [3.8, 4) is 5.75 Å². The van der Waals surface area contributed by atoms with E-state index in [1.54, 1.807) is 18.2 Å². The van der Waals surface area contributed by atoms with Crippen molar-refractivity contribution in [1.82, 2.24) is 10.3 Å². The van der Waals surface area contributed by atoms with E-state index in [1.165, 1.54) is 30.5 Å². The molecule has 27 heavy (non-hydrogen) atoms. The Morgan fingerprint density at radius 3 is 2.63 bits per heavy atom. The van der Waals surface area contributed by atoms with Gasteiger partial charge >= 0.3 is 0 Å². The maximum Gasteiger partial charge on any atom is 0.269 e. The van der Waals surface area contributed by atoms with Gasteiger partial charge in [-0.2, -0.15) is 0 Å². The molecule has 0 aliphatic rings. The Balaban J connectivity index is 1.88. The van der Waals surface area contributed by atoms with Crippen molar-refractivity contribution in [2.24, 2.45) is 5.92 Å². The highest BCUT2D eigenvalue weighted by Crippen LogP contribution is 2.12. The summed E-state index contributed by atoms with van der Waals surface area (Å²) in [5.74, 6) is 0.206. The van der Waals surface area contributed by atoms with Gasteiger partial charge in [-0.05, 0) is 29.7 Å². The van der Waals surface area contributed by atoms with Crippen LogP contribution in [0.3, 0.4) is 0 Å². The Bertz CT molecular complexity index is 885. The Hall–Kier alpha value is -3.42. The SMILES string of the molecule is CC(C)COc1c[nH]c(CNC(=O)/C=C/c2ccc([N+](=O)[O-])cc2)cc1=O. The molecule has 1 heterocycles. The van der Waals surface area contributed by atoms with Gasteiger partial charge in [0.15, 0.2) is 5.75 Å². The molecule has 0 unspecified atom stereocenters. The van der Waals surface area contributed by atoms with Gasteiger partial charge in [0.25, 0.3) is 5.69 Å². The average Bonchev–Trinajstić information content (AvgIpc) is 2.64. The van der Waals surface area contributed by atoms with Gasteiger partial charge in [-0.3, -0.25) is 19.7 Å². The lowest BCUT2D eigenvalue weighted by molar-refractivity contribution is -0.384. The molecular weight excluding hydrogens is 350 g/mol. The van der Waals surface area contributed by atoms with E-state index in [2.05, 4.69) is 10.3 Å². The molecule has 2 N–H and O–H groups in total. The topological polar surface area (TPSA) is 114 Å². The minimum atomic E-state index is -0.486. The molecule has 8 nitrogen and oxygen atoms in total. The van der Waals surface area contributed by atoms with E-state index in [0.717, 1.165) is 0 Å². The maximum absolute atomic E-state index is 12.0. The van der Waals surface area contributed by atoms with Crippen LogP contribution in [-0.2, 0) is 11.3 Å². The van der Waals surface area contributed by atoms with E-state index < -0.39 is 4.92 Å². The summed E-state index contributed by atoms with van der Waals surface area (Å²) in [6.07, 6.45) is 4.35. The normalized spacial score (nSPS) is 10.9. The number of rotatable bonds is 8. The summed E-state index contributed by atoms with van der Waals surface area (Å²) in [6.45, 7) is 4.58. The minimum Gasteiger partial charge on any atom is -0.488 e. The predicted octanol–water partition coefficient (Wildman–Crippen LogP) is 2.65. The second-order valence-electron chi connectivity index (χ2n) is 6.29. The fraction of sp³-hybridized carbons (Fsp3) is 0.263. The predicted molar refractivity (Wildman–Crippen MR) is 101 cm³/mol. The second kappa shape index (κ2) is 9.33. The Morgan fingerprint density at radius 2 is 2.04 bits per heavy atom. The second-order valence-corrected chi connectivity index (χ2v) is 6.29. The average molecular weight is 371 g/mol. The van der Waals surface area contributed by atoms with Crippen molar-refractivity contribution in [3.05, 3.63) is 74.2 Å². The van der Waals surface area contributed by atoms with Crippen molar-refractivity contribution in [2.75, 3.05) is 6.61 Å². The third kappa shape index (κ3) is 6.43. The first-order chi connectivity index (χ1) is 12.8. The summed E-state index contributed by atoms with van der Waals surface area (Å²) in [5.41, 5.74) is 0.950. The van der Waals surface area contributed by atoms with Crippen LogP contribution in [0.15, 0.2) is 47.4 Å². The zero-order valence-electron chi connectivity index (χ0n) is 15.1. The van der Waals surface area contributed by atoms with Gasteiger partial charge in [-0.15, -0.1) is 0 Å². The van der Waals surface area contributed by atoms with Crippen LogP contribution in [0.5, 0.6) is 5.75 Å². The highest BCUT2D eigenvalue weighted by Gasteiger charge is 2.05. The number of nitrogens with one attached hydrogen (secondary N) is 2. The molecule has 0 saturated heterocycles. The number of non-ortho nitro benzene ring substituents is 1. The van der Waals surface area contributed by atoms with Gasteiger partial charge in [0.2, 0.25) is 11.3 Å². The number of amides is 1. The number of nitrogens with zero attached hydrogens (tertiary/aromatic N) is 1. The molecule has 2 aromatic rings. The van der Waals surface area contributed by atoms with Crippen LogP contribution in [0, 0.1) is 16.0 Å². The number of carbonyl (C=O) groups is 1. The van der Waals surface area contributed by atoms with Gasteiger partial charge in [-0.25, -0.2) is 0 Å². The molecule has 0 aliphatic carbocycles. The number of carbonyl (C=O) groups excluding carboxylic acids is 1. The molecule has 0 bridgehead atoms. The first kappa shape index (κ1) is 19.9. The fourth-order valence-corrected chi connectivity index (χ4v) is 2.09. The van der Waals surface area contributed by atoms with Crippen LogP contribution in [0.25, 0.3) is 6.08 Å². The first-order valence-electron chi connectivity index (χ1n) is 8.40. The first-order valence-corrected chi connectivity index (χ1v) is 8.40.